The van der Waals surface area contributed by atoms with Crippen molar-refractivity contribution in [1.82, 2.24) is 0 Å². The van der Waals surface area contributed by atoms with E-state index in [4.69, 9.17) is 4.43 Å². The highest BCUT2D eigenvalue weighted by Gasteiger charge is 2.20. The molecule has 1 aromatic rings. The Bertz CT molecular complexity index is 403. The molecule has 0 N–H and O–H groups in total. The van der Waals surface area contributed by atoms with Crippen LogP contribution >= 0.6 is 0 Å². The van der Waals surface area contributed by atoms with Crippen molar-refractivity contribution in [2.24, 2.45) is 0 Å². The third-order valence-corrected chi connectivity index (χ3v) is 4.11. The molecule has 2 rings (SSSR count). The van der Waals surface area contributed by atoms with Crippen LogP contribution < -0.4 is 0 Å². The first-order valence-corrected chi connectivity index (χ1v) is 10.4. The molecule has 1 nitrogen and oxygen atoms in total. The Kier molecular flexibility index (Phi) is 4.28. The van der Waals surface area contributed by atoms with Gasteiger partial charge in [-0.1, -0.05) is 36.8 Å². The lowest BCUT2D eigenvalue weighted by atomic mass is 9.95. The normalized spacial score (nSPS) is 21.1. The third kappa shape index (κ3) is 4.02. The SMILES string of the molecule is C[Si](C)(C)OC1=C[C@@H](c2ccccc2)CCCC1. The van der Waals surface area contributed by atoms with Crippen LogP contribution in [0.5, 0.6) is 0 Å². The van der Waals surface area contributed by atoms with Crippen LogP contribution in [0.2, 0.25) is 19.6 Å². The summed E-state index contributed by atoms with van der Waals surface area (Å²) in [5, 5.41) is 0. The molecule has 98 valence electrons. The molecule has 0 aromatic heterocycles. The highest BCUT2D eigenvalue weighted by atomic mass is 28.4. The second kappa shape index (κ2) is 5.74. The molecule has 0 radical (unpaired) electrons. The van der Waals surface area contributed by atoms with E-state index in [9.17, 15) is 0 Å². The summed E-state index contributed by atoms with van der Waals surface area (Å²) in [6.45, 7) is 6.78. The highest BCUT2D eigenvalue weighted by Crippen LogP contribution is 2.31. The smallest absolute Gasteiger partial charge is 0.241 e. The van der Waals surface area contributed by atoms with Gasteiger partial charge in [0.05, 0.1) is 5.76 Å². The molecule has 18 heavy (non-hydrogen) atoms. The topological polar surface area (TPSA) is 9.23 Å². The predicted molar refractivity (Wildman–Crippen MR) is 80.2 cm³/mol. The van der Waals surface area contributed by atoms with Crippen LogP contribution in [-0.2, 0) is 4.43 Å². The quantitative estimate of drug-likeness (QED) is 0.689. The maximum absolute atomic E-state index is 6.21. The van der Waals surface area contributed by atoms with Crippen molar-refractivity contribution in [3.8, 4) is 0 Å². The standard InChI is InChI=1S/C16H24OSi/c1-18(2,3)17-16-12-8-7-11-15(13-16)14-9-5-4-6-10-14/h4-6,9-10,13,15H,7-8,11-12H2,1-3H3/t15-/m0/s1. The third-order valence-electron chi connectivity index (χ3n) is 3.24. The molecule has 0 amide bonds. The van der Waals surface area contributed by atoms with Crippen LogP contribution in [0.3, 0.4) is 0 Å². The Labute approximate surface area is 112 Å². The molecule has 0 fully saturated rings. The van der Waals surface area contributed by atoms with E-state index in [1.807, 2.05) is 0 Å². The summed E-state index contributed by atoms with van der Waals surface area (Å²) < 4.78 is 6.21. The predicted octanol–water partition coefficient (Wildman–Crippen LogP) is 5.08. The van der Waals surface area contributed by atoms with Gasteiger partial charge in [0.2, 0.25) is 8.32 Å². The van der Waals surface area contributed by atoms with E-state index in [0.29, 0.717) is 5.92 Å². The summed E-state index contributed by atoms with van der Waals surface area (Å²) in [6.07, 6.45) is 7.31. The van der Waals surface area contributed by atoms with E-state index in [0.717, 1.165) is 6.42 Å². The van der Waals surface area contributed by atoms with Gasteiger partial charge in [-0.15, -0.1) is 0 Å². The molecule has 1 atom stereocenters. The van der Waals surface area contributed by atoms with Gasteiger partial charge < -0.3 is 4.43 Å². The van der Waals surface area contributed by atoms with Gasteiger partial charge in [-0.3, -0.25) is 0 Å². The van der Waals surface area contributed by atoms with Gasteiger partial charge in [0.25, 0.3) is 0 Å². The summed E-state index contributed by atoms with van der Waals surface area (Å²) in [6, 6.07) is 10.8. The molecule has 1 aromatic carbocycles. The minimum atomic E-state index is -1.47. The second-order valence-electron chi connectivity index (χ2n) is 6.11. The van der Waals surface area contributed by atoms with Crippen molar-refractivity contribution >= 4 is 8.32 Å². The van der Waals surface area contributed by atoms with Crippen LogP contribution in [0, 0.1) is 0 Å². The fraction of sp³-hybridized carbons (Fsp3) is 0.500. The minimum Gasteiger partial charge on any atom is -0.548 e. The van der Waals surface area contributed by atoms with E-state index >= 15 is 0 Å². The fourth-order valence-corrected chi connectivity index (χ4v) is 3.45. The van der Waals surface area contributed by atoms with Crippen molar-refractivity contribution in [2.75, 3.05) is 0 Å². The summed E-state index contributed by atoms with van der Waals surface area (Å²) in [7, 11) is -1.47. The van der Waals surface area contributed by atoms with Gasteiger partial charge in [-0.2, -0.15) is 0 Å². The van der Waals surface area contributed by atoms with Crippen molar-refractivity contribution in [3.63, 3.8) is 0 Å². The fourth-order valence-electron chi connectivity index (χ4n) is 2.50. The van der Waals surface area contributed by atoms with Gasteiger partial charge >= 0.3 is 0 Å². The average molecular weight is 260 g/mol. The minimum absolute atomic E-state index is 0.542. The molecule has 1 aliphatic rings. The van der Waals surface area contributed by atoms with E-state index < -0.39 is 8.32 Å². The van der Waals surface area contributed by atoms with Crippen molar-refractivity contribution in [2.45, 2.75) is 51.2 Å². The molecular weight excluding hydrogens is 236 g/mol. The highest BCUT2D eigenvalue weighted by molar-refractivity contribution is 6.70. The summed E-state index contributed by atoms with van der Waals surface area (Å²) in [5.74, 6) is 1.78. The zero-order chi connectivity index (χ0) is 13.0. The first-order chi connectivity index (χ1) is 8.54. The monoisotopic (exact) mass is 260 g/mol. The molecule has 0 spiro atoms. The van der Waals surface area contributed by atoms with Crippen LogP contribution in [0.4, 0.5) is 0 Å². The summed E-state index contributed by atoms with van der Waals surface area (Å²) in [4.78, 5) is 0. The van der Waals surface area contributed by atoms with E-state index in [2.05, 4.69) is 56.0 Å². The lowest BCUT2D eigenvalue weighted by Crippen LogP contribution is -2.24. The number of allylic oxidation sites excluding steroid dienone is 2. The van der Waals surface area contributed by atoms with Crippen molar-refractivity contribution < 1.29 is 4.43 Å². The molecule has 1 aliphatic carbocycles. The maximum Gasteiger partial charge on any atom is 0.241 e. The molecule has 0 saturated carbocycles. The summed E-state index contributed by atoms with van der Waals surface area (Å²) in [5.41, 5.74) is 1.43. The van der Waals surface area contributed by atoms with Crippen LogP contribution in [0.1, 0.15) is 37.2 Å². The van der Waals surface area contributed by atoms with Gasteiger partial charge in [0, 0.05) is 12.3 Å². The molecule has 0 saturated heterocycles. The lowest BCUT2D eigenvalue weighted by molar-refractivity contribution is 0.396. The molecule has 0 heterocycles. The summed E-state index contributed by atoms with van der Waals surface area (Å²) >= 11 is 0. The molecule has 0 bridgehead atoms. The Morgan fingerprint density at radius 2 is 1.78 bits per heavy atom. The van der Waals surface area contributed by atoms with Gasteiger partial charge in [-0.05, 0) is 44.1 Å². The van der Waals surface area contributed by atoms with E-state index in [1.54, 1.807) is 0 Å². The number of benzene rings is 1. The molecule has 0 aliphatic heterocycles. The Morgan fingerprint density at radius 3 is 2.44 bits per heavy atom. The largest absolute Gasteiger partial charge is 0.548 e. The van der Waals surface area contributed by atoms with Gasteiger partial charge in [0.15, 0.2) is 0 Å². The molecular formula is C16H24OSi. The number of rotatable bonds is 3. The number of hydrogen-bond donors (Lipinski definition) is 0. The van der Waals surface area contributed by atoms with E-state index in [-0.39, 0.29) is 0 Å². The van der Waals surface area contributed by atoms with Crippen LogP contribution in [0.15, 0.2) is 42.2 Å². The van der Waals surface area contributed by atoms with Crippen molar-refractivity contribution in [3.05, 3.63) is 47.7 Å². The van der Waals surface area contributed by atoms with Crippen LogP contribution in [-0.4, -0.2) is 8.32 Å². The lowest BCUT2D eigenvalue weighted by Gasteiger charge is -2.22. The Morgan fingerprint density at radius 1 is 1.06 bits per heavy atom. The first kappa shape index (κ1) is 13.4. The molecule has 2 heteroatoms. The zero-order valence-corrected chi connectivity index (χ0v) is 12.8. The zero-order valence-electron chi connectivity index (χ0n) is 11.8. The van der Waals surface area contributed by atoms with Gasteiger partial charge in [0.1, 0.15) is 0 Å². The van der Waals surface area contributed by atoms with Crippen molar-refractivity contribution in [1.29, 1.82) is 0 Å². The Balaban J connectivity index is 2.17. The molecule has 0 unspecified atom stereocenters. The van der Waals surface area contributed by atoms with Gasteiger partial charge in [-0.25, -0.2) is 0 Å². The van der Waals surface area contributed by atoms with Crippen LogP contribution in [0.25, 0.3) is 0 Å². The van der Waals surface area contributed by atoms with E-state index in [1.165, 1.54) is 30.6 Å². The average Bonchev–Trinajstić information content (AvgIpc) is 2.54. The second-order valence-corrected chi connectivity index (χ2v) is 10.5. The number of hydrogen-bond acceptors (Lipinski definition) is 1. The maximum atomic E-state index is 6.21. The first-order valence-electron chi connectivity index (χ1n) is 6.99. The Hall–Kier alpha value is -1.02.